The van der Waals surface area contributed by atoms with Crippen molar-refractivity contribution in [3.8, 4) is 0 Å². The van der Waals surface area contributed by atoms with Crippen LogP contribution in [0, 0.1) is 5.82 Å². The van der Waals surface area contributed by atoms with Crippen molar-refractivity contribution in [2.45, 2.75) is 18.9 Å². The minimum absolute atomic E-state index is 0.163. The zero-order chi connectivity index (χ0) is 15.5. The summed E-state index contributed by atoms with van der Waals surface area (Å²) in [4.78, 5) is 11.9. The molecule has 0 aliphatic rings. The predicted octanol–water partition coefficient (Wildman–Crippen LogP) is 3.49. The van der Waals surface area contributed by atoms with E-state index in [1.807, 2.05) is 24.3 Å². The number of para-hydroxylation sites is 1. The third kappa shape index (κ3) is 3.61. The van der Waals surface area contributed by atoms with Gasteiger partial charge in [-0.1, -0.05) is 30.3 Å². The van der Waals surface area contributed by atoms with Crippen LogP contribution in [0.15, 0.2) is 53.0 Å². The Kier molecular flexibility index (Phi) is 4.63. The molecule has 0 bridgehead atoms. The van der Waals surface area contributed by atoms with Crippen molar-refractivity contribution in [1.82, 2.24) is 0 Å². The summed E-state index contributed by atoms with van der Waals surface area (Å²) in [6.45, 7) is 1.67. The molecule has 0 heterocycles. The van der Waals surface area contributed by atoms with Crippen LogP contribution in [0.5, 0.6) is 0 Å². The van der Waals surface area contributed by atoms with E-state index in [0.29, 0.717) is 5.56 Å². The SMILES string of the molecule is CC(Cc1ccccc1F)(Nc1ccccc1Br)C(N)=O. The van der Waals surface area contributed by atoms with Crippen molar-refractivity contribution in [1.29, 1.82) is 0 Å². The van der Waals surface area contributed by atoms with Crippen LogP contribution >= 0.6 is 15.9 Å². The lowest BCUT2D eigenvalue weighted by atomic mass is 9.91. The largest absolute Gasteiger partial charge is 0.370 e. The van der Waals surface area contributed by atoms with Crippen molar-refractivity contribution in [2.24, 2.45) is 5.73 Å². The molecule has 0 saturated heterocycles. The van der Waals surface area contributed by atoms with E-state index in [9.17, 15) is 9.18 Å². The second kappa shape index (κ2) is 6.26. The summed E-state index contributed by atoms with van der Waals surface area (Å²) in [5.74, 6) is -0.889. The zero-order valence-corrected chi connectivity index (χ0v) is 13.2. The Labute approximate surface area is 131 Å². The molecule has 2 aromatic rings. The molecule has 21 heavy (non-hydrogen) atoms. The summed E-state index contributed by atoms with van der Waals surface area (Å²) in [6, 6.07) is 13.8. The van der Waals surface area contributed by atoms with Crippen LogP contribution in [0.2, 0.25) is 0 Å². The smallest absolute Gasteiger partial charge is 0.243 e. The van der Waals surface area contributed by atoms with Gasteiger partial charge in [0.05, 0.1) is 0 Å². The van der Waals surface area contributed by atoms with Gasteiger partial charge in [0.1, 0.15) is 11.4 Å². The van der Waals surface area contributed by atoms with E-state index in [1.54, 1.807) is 25.1 Å². The van der Waals surface area contributed by atoms with Crippen LogP contribution in [0.1, 0.15) is 12.5 Å². The molecule has 110 valence electrons. The molecule has 0 saturated carbocycles. The van der Waals surface area contributed by atoms with Gasteiger partial charge in [0, 0.05) is 16.6 Å². The number of halogens is 2. The van der Waals surface area contributed by atoms with Gasteiger partial charge in [0.25, 0.3) is 0 Å². The molecule has 0 spiro atoms. The highest BCUT2D eigenvalue weighted by Crippen LogP contribution is 2.27. The molecule has 5 heteroatoms. The van der Waals surface area contributed by atoms with E-state index in [4.69, 9.17) is 5.73 Å². The highest BCUT2D eigenvalue weighted by molar-refractivity contribution is 9.10. The molecule has 1 amide bonds. The molecule has 1 unspecified atom stereocenters. The predicted molar refractivity (Wildman–Crippen MR) is 85.5 cm³/mol. The number of anilines is 1. The first-order valence-electron chi connectivity index (χ1n) is 6.48. The lowest BCUT2D eigenvalue weighted by Crippen LogP contribution is -2.49. The van der Waals surface area contributed by atoms with Gasteiger partial charge in [0.2, 0.25) is 5.91 Å². The van der Waals surface area contributed by atoms with Crippen LogP contribution in [-0.2, 0) is 11.2 Å². The second-order valence-corrected chi connectivity index (χ2v) is 5.92. The number of carbonyl (C=O) groups is 1. The van der Waals surface area contributed by atoms with Gasteiger partial charge in [-0.3, -0.25) is 4.79 Å². The molecule has 0 radical (unpaired) electrons. The number of carbonyl (C=O) groups excluding carboxylic acids is 1. The van der Waals surface area contributed by atoms with Crippen LogP contribution in [0.25, 0.3) is 0 Å². The van der Waals surface area contributed by atoms with Gasteiger partial charge in [0.15, 0.2) is 0 Å². The summed E-state index contributed by atoms with van der Waals surface area (Å²) >= 11 is 3.41. The van der Waals surface area contributed by atoms with Crippen LogP contribution < -0.4 is 11.1 Å². The molecular formula is C16H16BrFN2O. The number of primary amides is 1. The third-order valence-electron chi connectivity index (χ3n) is 3.33. The minimum atomic E-state index is -1.09. The lowest BCUT2D eigenvalue weighted by molar-refractivity contribution is -0.121. The Morgan fingerprint density at radius 3 is 2.48 bits per heavy atom. The summed E-state index contributed by atoms with van der Waals surface area (Å²) in [5, 5.41) is 3.11. The summed E-state index contributed by atoms with van der Waals surface area (Å²) in [6.07, 6.45) is 0.163. The van der Waals surface area contributed by atoms with Gasteiger partial charge in [-0.15, -0.1) is 0 Å². The number of benzene rings is 2. The van der Waals surface area contributed by atoms with Gasteiger partial charge >= 0.3 is 0 Å². The summed E-state index contributed by atoms with van der Waals surface area (Å²) < 4.78 is 14.6. The van der Waals surface area contributed by atoms with Crippen molar-refractivity contribution in [3.63, 3.8) is 0 Å². The molecule has 3 N–H and O–H groups in total. The fraction of sp³-hybridized carbons (Fsp3) is 0.188. The first kappa shape index (κ1) is 15.5. The first-order valence-corrected chi connectivity index (χ1v) is 7.28. The molecule has 0 fully saturated rings. The van der Waals surface area contributed by atoms with E-state index < -0.39 is 11.4 Å². The Hall–Kier alpha value is -1.88. The van der Waals surface area contributed by atoms with Crippen molar-refractivity contribution < 1.29 is 9.18 Å². The maximum absolute atomic E-state index is 13.8. The normalized spacial score (nSPS) is 13.5. The molecule has 0 aromatic heterocycles. The second-order valence-electron chi connectivity index (χ2n) is 5.07. The first-order chi connectivity index (χ1) is 9.92. The third-order valence-corrected chi connectivity index (χ3v) is 4.02. The Morgan fingerprint density at radius 2 is 1.86 bits per heavy atom. The molecule has 2 rings (SSSR count). The highest BCUT2D eigenvalue weighted by Gasteiger charge is 2.32. The van der Waals surface area contributed by atoms with E-state index in [0.717, 1.165) is 10.2 Å². The fourth-order valence-corrected chi connectivity index (χ4v) is 2.46. The standard InChI is InChI=1S/C16H16BrFN2O/c1-16(15(19)21,10-11-6-2-4-8-13(11)18)20-14-9-5-3-7-12(14)17/h2-9,20H,10H2,1H3,(H2,19,21). The number of hydrogen-bond donors (Lipinski definition) is 2. The summed E-state index contributed by atoms with van der Waals surface area (Å²) in [5.41, 5.74) is 5.61. The number of hydrogen-bond acceptors (Lipinski definition) is 2. The van der Waals surface area contributed by atoms with Crippen molar-refractivity contribution >= 4 is 27.5 Å². The topological polar surface area (TPSA) is 55.1 Å². The van der Waals surface area contributed by atoms with Crippen LogP contribution in [-0.4, -0.2) is 11.4 Å². The van der Waals surface area contributed by atoms with Crippen molar-refractivity contribution in [3.05, 3.63) is 64.4 Å². The van der Waals surface area contributed by atoms with Crippen LogP contribution in [0.4, 0.5) is 10.1 Å². The van der Waals surface area contributed by atoms with E-state index in [1.165, 1.54) is 6.07 Å². The Balaban J connectivity index is 2.31. The van der Waals surface area contributed by atoms with E-state index in [2.05, 4.69) is 21.2 Å². The monoisotopic (exact) mass is 350 g/mol. The number of nitrogens with one attached hydrogen (secondary N) is 1. The van der Waals surface area contributed by atoms with Gasteiger partial charge in [-0.05, 0) is 46.6 Å². The van der Waals surface area contributed by atoms with E-state index >= 15 is 0 Å². The number of rotatable bonds is 5. The average molecular weight is 351 g/mol. The van der Waals surface area contributed by atoms with Gasteiger partial charge < -0.3 is 11.1 Å². The fourth-order valence-electron chi connectivity index (χ4n) is 2.08. The maximum atomic E-state index is 13.8. The Morgan fingerprint density at radius 1 is 1.24 bits per heavy atom. The van der Waals surface area contributed by atoms with Crippen LogP contribution in [0.3, 0.4) is 0 Å². The minimum Gasteiger partial charge on any atom is -0.370 e. The van der Waals surface area contributed by atoms with Crippen molar-refractivity contribution in [2.75, 3.05) is 5.32 Å². The molecule has 3 nitrogen and oxygen atoms in total. The Bertz CT molecular complexity index is 613. The van der Waals surface area contributed by atoms with Gasteiger partial charge in [-0.2, -0.15) is 0 Å². The molecule has 0 aliphatic carbocycles. The number of amides is 1. The zero-order valence-electron chi connectivity index (χ0n) is 11.6. The maximum Gasteiger partial charge on any atom is 0.243 e. The molecular weight excluding hydrogens is 335 g/mol. The highest BCUT2D eigenvalue weighted by atomic mass is 79.9. The molecule has 2 aromatic carbocycles. The van der Waals surface area contributed by atoms with E-state index in [-0.39, 0.29) is 12.2 Å². The van der Waals surface area contributed by atoms with Gasteiger partial charge in [-0.25, -0.2) is 4.39 Å². The summed E-state index contributed by atoms with van der Waals surface area (Å²) in [7, 11) is 0. The average Bonchev–Trinajstić information content (AvgIpc) is 2.44. The lowest BCUT2D eigenvalue weighted by Gasteiger charge is -2.29. The number of nitrogens with two attached hydrogens (primary N) is 1. The molecule has 1 atom stereocenters. The molecule has 0 aliphatic heterocycles. The quantitative estimate of drug-likeness (QED) is 0.867.